The van der Waals surface area contributed by atoms with Gasteiger partial charge in [0.05, 0.1) is 13.0 Å². The summed E-state index contributed by atoms with van der Waals surface area (Å²) < 4.78 is 18.4. The van der Waals surface area contributed by atoms with Crippen molar-refractivity contribution < 1.29 is 18.7 Å². The van der Waals surface area contributed by atoms with Crippen molar-refractivity contribution in [3.05, 3.63) is 35.6 Å². The number of benzene rings is 1. The normalized spacial score (nSPS) is 11.9. The van der Waals surface area contributed by atoms with E-state index in [9.17, 15) is 14.0 Å². The van der Waals surface area contributed by atoms with Gasteiger partial charge < -0.3 is 10.5 Å². The van der Waals surface area contributed by atoms with Gasteiger partial charge in [-0.1, -0.05) is 18.2 Å². The van der Waals surface area contributed by atoms with E-state index in [-0.39, 0.29) is 25.2 Å². The number of hydrogen-bond donors (Lipinski definition) is 1. The molecular formula is C13H16FNO3. The van der Waals surface area contributed by atoms with Gasteiger partial charge in [0.25, 0.3) is 0 Å². The van der Waals surface area contributed by atoms with Crippen LogP contribution in [0.1, 0.15) is 31.4 Å². The first-order chi connectivity index (χ1) is 8.54. The number of ketones is 1. The van der Waals surface area contributed by atoms with Crippen LogP contribution in [0.15, 0.2) is 24.3 Å². The summed E-state index contributed by atoms with van der Waals surface area (Å²) in [7, 11) is 0. The van der Waals surface area contributed by atoms with Crippen LogP contribution >= 0.6 is 0 Å². The van der Waals surface area contributed by atoms with Crippen LogP contribution in [-0.4, -0.2) is 18.3 Å². The van der Waals surface area contributed by atoms with Crippen LogP contribution in [0.2, 0.25) is 0 Å². The number of carbonyl (C=O) groups is 2. The topological polar surface area (TPSA) is 69.4 Å². The molecule has 1 aromatic rings. The molecule has 98 valence electrons. The van der Waals surface area contributed by atoms with Crippen LogP contribution in [0, 0.1) is 5.82 Å². The minimum atomic E-state index is -0.674. The zero-order valence-electron chi connectivity index (χ0n) is 10.2. The summed E-state index contributed by atoms with van der Waals surface area (Å²) in [6.07, 6.45) is -0.652. The largest absolute Gasteiger partial charge is 0.458 e. The van der Waals surface area contributed by atoms with Crippen molar-refractivity contribution in [2.75, 3.05) is 6.54 Å². The summed E-state index contributed by atoms with van der Waals surface area (Å²) in [6, 6.07) is 6.09. The van der Waals surface area contributed by atoms with Crippen LogP contribution < -0.4 is 5.73 Å². The molecular weight excluding hydrogens is 237 g/mol. The Hall–Kier alpha value is -1.75. The van der Waals surface area contributed by atoms with E-state index in [0.29, 0.717) is 5.56 Å². The third-order valence-electron chi connectivity index (χ3n) is 2.49. The first-order valence-corrected chi connectivity index (χ1v) is 5.70. The van der Waals surface area contributed by atoms with Gasteiger partial charge in [0.1, 0.15) is 17.7 Å². The maximum atomic E-state index is 13.4. The highest BCUT2D eigenvalue weighted by atomic mass is 19.1. The molecule has 0 aliphatic carbocycles. The lowest BCUT2D eigenvalue weighted by Gasteiger charge is -2.14. The molecule has 0 spiro atoms. The van der Waals surface area contributed by atoms with Crippen LogP contribution in [0.5, 0.6) is 0 Å². The molecule has 0 radical (unpaired) electrons. The summed E-state index contributed by atoms with van der Waals surface area (Å²) in [6.45, 7) is 1.50. The van der Waals surface area contributed by atoms with Gasteiger partial charge in [0.15, 0.2) is 0 Å². The fourth-order valence-electron chi connectivity index (χ4n) is 1.47. The molecule has 0 amide bonds. The number of carbonyl (C=O) groups excluding carboxylic acids is 2. The molecule has 0 aliphatic heterocycles. The molecule has 0 bridgehead atoms. The molecule has 1 atom stereocenters. The van der Waals surface area contributed by atoms with Gasteiger partial charge in [0, 0.05) is 12.0 Å². The first kappa shape index (κ1) is 14.3. The molecule has 0 aromatic heterocycles. The van der Waals surface area contributed by atoms with Gasteiger partial charge in [-0.15, -0.1) is 0 Å². The van der Waals surface area contributed by atoms with Gasteiger partial charge in [-0.3, -0.25) is 9.59 Å². The van der Waals surface area contributed by atoms with Crippen LogP contribution in [0.4, 0.5) is 4.39 Å². The van der Waals surface area contributed by atoms with Crippen molar-refractivity contribution in [1.29, 1.82) is 0 Å². The Morgan fingerprint density at radius 2 is 2.00 bits per heavy atom. The molecule has 18 heavy (non-hydrogen) atoms. The Balaban J connectivity index is 2.50. The monoisotopic (exact) mass is 253 g/mol. The number of hydrogen-bond acceptors (Lipinski definition) is 4. The van der Waals surface area contributed by atoms with E-state index in [4.69, 9.17) is 10.5 Å². The summed E-state index contributed by atoms with van der Waals surface area (Å²) in [4.78, 5) is 22.4. The maximum Gasteiger partial charge on any atom is 0.306 e. The molecule has 0 aliphatic rings. The van der Waals surface area contributed by atoms with Crippen molar-refractivity contribution in [3.63, 3.8) is 0 Å². The third kappa shape index (κ3) is 4.25. The average molecular weight is 253 g/mol. The summed E-state index contributed by atoms with van der Waals surface area (Å²) in [5.74, 6) is -1.16. The van der Waals surface area contributed by atoms with E-state index >= 15 is 0 Å². The summed E-state index contributed by atoms with van der Waals surface area (Å²) >= 11 is 0. The minimum Gasteiger partial charge on any atom is -0.458 e. The molecule has 4 nitrogen and oxygen atoms in total. The van der Waals surface area contributed by atoms with Gasteiger partial charge in [-0.05, 0) is 13.0 Å². The standard InChI is InChI=1S/C13H16FNO3/c1-9(11-4-2-3-5-12(11)14)18-13(17)7-6-10(16)8-15/h2-5,9H,6-8,15H2,1H3. The van der Waals surface area contributed by atoms with Gasteiger partial charge >= 0.3 is 5.97 Å². The number of ether oxygens (including phenoxy) is 1. The molecule has 0 heterocycles. The lowest BCUT2D eigenvalue weighted by atomic mass is 10.1. The maximum absolute atomic E-state index is 13.4. The van der Waals surface area contributed by atoms with Crippen molar-refractivity contribution in [2.24, 2.45) is 5.73 Å². The van der Waals surface area contributed by atoms with Crippen molar-refractivity contribution >= 4 is 11.8 Å². The number of esters is 1. The summed E-state index contributed by atoms with van der Waals surface area (Å²) in [5, 5.41) is 0. The Morgan fingerprint density at radius 1 is 1.33 bits per heavy atom. The minimum absolute atomic E-state index is 0.0329. The van der Waals surface area contributed by atoms with E-state index in [1.54, 1.807) is 25.1 Å². The highest BCUT2D eigenvalue weighted by molar-refractivity contribution is 5.84. The van der Waals surface area contributed by atoms with Crippen LogP contribution in [0.25, 0.3) is 0 Å². The van der Waals surface area contributed by atoms with E-state index in [1.807, 2.05) is 0 Å². The Bertz CT molecular complexity index is 434. The smallest absolute Gasteiger partial charge is 0.306 e. The second-order valence-electron chi connectivity index (χ2n) is 3.90. The van der Waals surface area contributed by atoms with Gasteiger partial charge in [0.2, 0.25) is 0 Å². The Labute approximate surface area is 105 Å². The molecule has 1 unspecified atom stereocenters. The lowest BCUT2D eigenvalue weighted by molar-refractivity contribution is -0.149. The predicted molar refractivity (Wildman–Crippen MR) is 64.2 cm³/mol. The number of Topliss-reactive ketones (excluding diaryl/α,β-unsaturated/α-hetero) is 1. The van der Waals surface area contributed by atoms with E-state index in [0.717, 1.165) is 0 Å². The highest BCUT2D eigenvalue weighted by Gasteiger charge is 2.15. The zero-order valence-corrected chi connectivity index (χ0v) is 10.2. The third-order valence-corrected chi connectivity index (χ3v) is 2.49. The molecule has 0 saturated heterocycles. The van der Waals surface area contributed by atoms with Gasteiger partial charge in [-0.25, -0.2) is 4.39 Å². The SMILES string of the molecule is CC(OC(=O)CCC(=O)CN)c1ccccc1F. The average Bonchev–Trinajstić information content (AvgIpc) is 2.36. The number of rotatable bonds is 6. The van der Waals surface area contributed by atoms with Crippen molar-refractivity contribution in [1.82, 2.24) is 0 Å². The molecule has 1 aromatic carbocycles. The second kappa shape index (κ2) is 6.86. The fraction of sp³-hybridized carbons (Fsp3) is 0.385. The lowest BCUT2D eigenvalue weighted by Crippen LogP contribution is -2.16. The first-order valence-electron chi connectivity index (χ1n) is 5.70. The Kier molecular flexibility index (Phi) is 5.45. The van der Waals surface area contributed by atoms with E-state index in [1.165, 1.54) is 6.07 Å². The number of halogens is 1. The number of nitrogens with two attached hydrogens (primary N) is 1. The van der Waals surface area contributed by atoms with Gasteiger partial charge in [-0.2, -0.15) is 0 Å². The quantitative estimate of drug-likeness (QED) is 0.784. The van der Waals surface area contributed by atoms with E-state index < -0.39 is 17.9 Å². The molecule has 5 heteroatoms. The Morgan fingerprint density at radius 3 is 2.61 bits per heavy atom. The summed E-state index contributed by atoms with van der Waals surface area (Å²) in [5.41, 5.74) is 5.43. The second-order valence-corrected chi connectivity index (χ2v) is 3.90. The molecule has 0 fully saturated rings. The fourth-order valence-corrected chi connectivity index (χ4v) is 1.47. The predicted octanol–water partition coefficient (Wildman–Crippen LogP) is 1.74. The van der Waals surface area contributed by atoms with E-state index in [2.05, 4.69) is 0 Å². The molecule has 2 N–H and O–H groups in total. The molecule has 0 saturated carbocycles. The zero-order chi connectivity index (χ0) is 13.5. The highest BCUT2D eigenvalue weighted by Crippen LogP contribution is 2.20. The van der Waals surface area contributed by atoms with Crippen molar-refractivity contribution in [2.45, 2.75) is 25.9 Å². The molecule has 1 rings (SSSR count). The van der Waals surface area contributed by atoms with Crippen LogP contribution in [0.3, 0.4) is 0 Å². The van der Waals surface area contributed by atoms with Crippen LogP contribution in [-0.2, 0) is 14.3 Å². The van der Waals surface area contributed by atoms with Crippen molar-refractivity contribution in [3.8, 4) is 0 Å².